The van der Waals surface area contributed by atoms with Crippen molar-refractivity contribution in [2.75, 3.05) is 0 Å². The van der Waals surface area contributed by atoms with Crippen LogP contribution in [0.5, 0.6) is 0 Å². The van der Waals surface area contributed by atoms with E-state index < -0.39 is 0 Å². The fraction of sp³-hybridized carbons (Fsp3) is 0.0769. The van der Waals surface area contributed by atoms with Crippen molar-refractivity contribution < 1.29 is 4.42 Å². The number of benzene rings is 1. The number of hydrogen-bond donors (Lipinski definition) is 0. The first-order valence-corrected chi connectivity index (χ1v) is 5.82. The Balaban J connectivity index is 2.01. The fourth-order valence-corrected chi connectivity index (χ4v) is 1.90. The molecule has 0 unspecified atom stereocenters. The molecule has 0 aliphatic rings. The summed E-state index contributed by atoms with van der Waals surface area (Å²) in [6, 6.07) is 7.56. The summed E-state index contributed by atoms with van der Waals surface area (Å²) in [6.45, 7) is 0. The third-order valence-corrected chi connectivity index (χ3v) is 2.79. The third kappa shape index (κ3) is 2.02. The molecular formula is C13H10ClN3O. The molecule has 5 heteroatoms. The number of rotatable bonds is 2. The Labute approximate surface area is 108 Å². The lowest BCUT2D eigenvalue weighted by atomic mass is 10.3. The van der Waals surface area contributed by atoms with Gasteiger partial charge in [0.05, 0.1) is 6.20 Å². The molecule has 0 N–H and O–H groups in total. The first kappa shape index (κ1) is 11.0. The molecular weight excluding hydrogens is 250 g/mol. The summed E-state index contributed by atoms with van der Waals surface area (Å²) < 4.78 is 7.28. The molecule has 18 heavy (non-hydrogen) atoms. The molecule has 4 nitrogen and oxygen atoms in total. The zero-order valence-electron chi connectivity index (χ0n) is 9.67. The summed E-state index contributed by atoms with van der Waals surface area (Å²) in [6.07, 6.45) is 5.37. The molecule has 0 amide bonds. The summed E-state index contributed by atoms with van der Waals surface area (Å²) in [7, 11) is 1.85. The van der Waals surface area contributed by atoms with Gasteiger partial charge in [0.25, 0.3) is 0 Å². The summed E-state index contributed by atoms with van der Waals surface area (Å²) in [4.78, 5) is 4.32. The molecule has 0 saturated carbocycles. The van der Waals surface area contributed by atoms with Crippen LogP contribution in [0, 0.1) is 0 Å². The molecule has 0 atom stereocenters. The van der Waals surface area contributed by atoms with Crippen molar-refractivity contribution >= 4 is 33.8 Å². The number of aromatic nitrogens is 3. The number of fused-ring (bicyclic) bond motifs is 1. The fourth-order valence-electron chi connectivity index (χ4n) is 1.70. The van der Waals surface area contributed by atoms with Crippen LogP contribution in [0.2, 0.25) is 0 Å². The molecule has 0 spiro atoms. The second-order valence-corrected chi connectivity index (χ2v) is 4.33. The minimum Gasteiger partial charge on any atom is -0.435 e. The topological polar surface area (TPSA) is 43.9 Å². The summed E-state index contributed by atoms with van der Waals surface area (Å²) >= 11 is 6.19. The van der Waals surface area contributed by atoms with Crippen LogP contribution in [0.1, 0.15) is 11.5 Å². The van der Waals surface area contributed by atoms with E-state index in [1.54, 1.807) is 17.0 Å². The van der Waals surface area contributed by atoms with Gasteiger partial charge in [0.2, 0.25) is 5.89 Å². The van der Waals surface area contributed by atoms with Gasteiger partial charge in [-0.2, -0.15) is 5.10 Å². The average Bonchev–Trinajstić information content (AvgIpc) is 2.95. The minimum atomic E-state index is 0.418. The molecule has 0 fully saturated rings. The zero-order chi connectivity index (χ0) is 12.5. The summed E-state index contributed by atoms with van der Waals surface area (Å²) in [5.74, 6) is 0.418. The van der Waals surface area contributed by atoms with Crippen LogP contribution in [0.15, 0.2) is 41.1 Å². The first-order chi connectivity index (χ1) is 8.72. The minimum absolute atomic E-state index is 0.418. The van der Waals surface area contributed by atoms with Crippen LogP contribution in [0.3, 0.4) is 0 Å². The van der Waals surface area contributed by atoms with Gasteiger partial charge in [-0.15, -0.1) is 0 Å². The average molecular weight is 260 g/mol. The lowest BCUT2D eigenvalue weighted by molar-refractivity contribution is 0.588. The van der Waals surface area contributed by atoms with Crippen LogP contribution in [-0.4, -0.2) is 14.8 Å². The zero-order valence-corrected chi connectivity index (χ0v) is 10.4. The highest BCUT2D eigenvalue weighted by Crippen LogP contribution is 2.25. The van der Waals surface area contributed by atoms with Gasteiger partial charge in [-0.3, -0.25) is 4.68 Å². The van der Waals surface area contributed by atoms with Gasteiger partial charge in [0, 0.05) is 18.8 Å². The van der Waals surface area contributed by atoms with Crippen LogP contribution < -0.4 is 0 Å². The smallest absolute Gasteiger partial charge is 0.238 e. The molecule has 0 bridgehead atoms. The number of oxazole rings is 1. The maximum Gasteiger partial charge on any atom is 0.238 e. The van der Waals surface area contributed by atoms with Crippen molar-refractivity contribution in [3.63, 3.8) is 0 Å². The summed E-state index contributed by atoms with van der Waals surface area (Å²) in [5, 5.41) is 4.53. The molecule has 0 aliphatic carbocycles. The molecule has 2 heterocycles. The second-order valence-electron chi connectivity index (χ2n) is 3.93. The van der Waals surface area contributed by atoms with Gasteiger partial charge in [-0.05, 0) is 18.2 Å². The lowest BCUT2D eigenvalue weighted by Gasteiger charge is -1.90. The quantitative estimate of drug-likeness (QED) is 0.709. The lowest BCUT2D eigenvalue weighted by Crippen LogP contribution is -1.84. The van der Waals surface area contributed by atoms with Gasteiger partial charge in [0.1, 0.15) is 10.5 Å². The molecule has 0 saturated heterocycles. The molecule has 2 aromatic heterocycles. The van der Waals surface area contributed by atoms with E-state index in [1.807, 2.05) is 37.5 Å². The predicted molar refractivity (Wildman–Crippen MR) is 70.9 cm³/mol. The molecule has 0 aliphatic heterocycles. The van der Waals surface area contributed by atoms with E-state index in [-0.39, 0.29) is 0 Å². The Bertz CT molecular complexity index is 694. The molecule has 3 rings (SSSR count). The Morgan fingerprint density at radius 3 is 2.94 bits per heavy atom. The third-order valence-electron chi connectivity index (χ3n) is 2.52. The van der Waals surface area contributed by atoms with E-state index in [9.17, 15) is 0 Å². The predicted octanol–water partition coefficient (Wildman–Crippen LogP) is 3.30. The highest BCUT2D eigenvalue weighted by molar-refractivity contribution is 6.50. The van der Waals surface area contributed by atoms with E-state index in [4.69, 9.17) is 16.0 Å². The Morgan fingerprint density at radius 1 is 1.39 bits per heavy atom. The maximum atomic E-state index is 6.19. The highest BCUT2D eigenvalue weighted by atomic mass is 35.5. The van der Waals surface area contributed by atoms with E-state index in [1.165, 1.54) is 0 Å². The van der Waals surface area contributed by atoms with Crippen molar-refractivity contribution in [3.05, 3.63) is 48.1 Å². The van der Waals surface area contributed by atoms with E-state index in [0.29, 0.717) is 10.9 Å². The molecule has 90 valence electrons. The molecule has 3 aromatic rings. The molecule has 1 aromatic carbocycles. The van der Waals surface area contributed by atoms with Crippen molar-refractivity contribution in [1.82, 2.24) is 14.8 Å². The van der Waals surface area contributed by atoms with Gasteiger partial charge in [0.15, 0.2) is 5.58 Å². The van der Waals surface area contributed by atoms with Gasteiger partial charge >= 0.3 is 0 Å². The van der Waals surface area contributed by atoms with E-state index in [2.05, 4.69) is 10.1 Å². The number of nitrogens with zero attached hydrogens (tertiary/aromatic N) is 3. The normalized spacial score (nSPS) is 12.2. The molecule has 0 radical (unpaired) electrons. The van der Waals surface area contributed by atoms with E-state index >= 15 is 0 Å². The number of para-hydroxylation sites is 2. The first-order valence-electron chi connectivity index (χ1n) is 5.44. The SMILES string of the molecule is Cn1cc(C=C(Cl)c2nc3ccccc3o2)cn1. The summed E-state index contributed by atoms with van der Waals surface area (Å²) in [5.41, 5.74) is 2.43. The van der Waals surface area contributed by atoms with Crippen LogP contribution in [0.25, 0.3) is 22.2 Å². The standard InChI is InChI=1S/C13H10ClN3O/c1-17-8-9(7-15-17)6-10(14)13-16-11-4-2-3-5-12(11)18-13/h2-8H,1H3. The van der Waals surface area contributed by atoms with E-state index in [0.717, 1.165) is 16.7 Å². The largest absolute Gasteiger partial charge is 0.435 e. The van der Waals surface area contributed by atoms with Crippen LogP contribution >= 0.6 is 11.6 Å². The van der Waals surface area contributed by atoms with Crippen LogP contribution in [-0.2, 0) is 7.05 Å². The monoisotopic (exact) mass is 259 g/mol. The van der Waals surface area contributed by atoms with Crippen molar-refractivity contribution in [2.24, 2.45) is 7.05 Å². The van der Waals surface area contributed by atoms with Crippen molar-refractivity contribution in [3.8, 4) is 0 Å². The maximum absolute atomic E-state index is 6.19. The Hall–Kier alpha value is -2.07. The number of hydrogen-bond acceptors (Lipinski definition) is 3. The van der Waals surface area contributed by atoms with Crippen molar-refractivity contribution in [2.45, 2.75) is 0 Å². The number of halogens is 1. The van der Waals surface area contributed by atoms with Gasteiger partial charge < -0.3 is 4.42 Å². The van der Waals surface area contributed by atoms with Gasteiger partial charge in [-0.25, -0.2) is 4.98 Å². The Kier molecular flexibility index (Phi) is 2.64. The second kappa shape index (κ2) is 4.31. The van der Waals surface area contributed by atoms with Gasteiger partial charge in [-0.1, -0.05) is 23.7 Å². The number of aryl methyl sites for hydroxylation is 1. The van der Waals surface area contributed by atoms with Crippen molar-refractivity contribution in [1.29, 1.82) is 0 Å². The van der Waals surface area contributed by atoms with Crippen LogP contribution in [0.4, 0.5) is 0 Å². The Morgan fingerprint density at radius 2 is 2.22 bits per heavy atom. The highest BCUT2D eigenvalue weighted by Gasteiger charge is 2.08.